The maximum absolute atomic E-state index is 11.1. The van der Waals surface area contributed by atoms with Gasteiger partial charge in [0.1, 0.15) is 11.3 Å². The molecule has 0 aromatic heterocycles. The van der Waals surface area contributed by atoms with Crippen LogP contribution in [0.15, 0.2) is 18.2 Å². The summed E-state index contributed by atoms with van der Waals surface area (Å²) in [5, 5.41) is 2.76. The van der Waals surface area contributed by atoms with Crippen LogP contribution in [0.2, 0.25) is 0 Å². The quantitative estimate of drug-likeness (QED) is 0.804. The van der Waals surface area contributed by atoms with Gasteiger partial charge in [0.2, 0.25) is 5.91 Å². The Labute approximate surface area is 84.2 Å². The first kappa shape index (κ1) is 8.56. The third-order valence-electron chi connectivity index (χ3n) is 1.95. The number of ether oxygens (including phenoxy) is 1. The lowest BCUT2D eigenvalue weighted by molar-refractivity contribution is -0.115. The first-order valence-corrected chi connectivity index (χ1v) is 5.04. The monoisotopic (exact) mass is 241 g/mol. The lowest BCUT2D eigenvalue weighted by Crippen LogP contribution is -2.03. The molecule has 0 saturated heterocycles. The molecule has 0 atom stereocenters. The minimum atomic E-state index is 0.0284. The lowest BCUT2D eigenvalue weighted by atomic mass is 10.1. The number of halogens is 1. The fraction of sp³-hybridized carbons (Fsp3) is 0.222. The van der Waals surface area contributed by atoms with Crippen LogP contribution in [0.5, 0.6) is 5.75 Å². The van der Waals surface area contributed by atoms with Crippen LogP contribution in [-0.4, -0.2) is 11.4 Å². The van der Waals surface area contributed by atoms with Crippen molar-refractivity contribution < 1.29 is 9.53 Å². The van der Waals surface area contributed by atoms with Crippen LogP contribution in [0.25, 0.3) is 0 Å². The van der Waals surface area contributed by atoms with E-state index in [9.17, 15) is 4.79 Å². The van der Waals surface area contributed by atoms with E-state index in [1.807, 2.05) is 18.2 Å². The van der Waals surface area contributed by atoms with Crippen LogP contribution < -0.4 is 10.1 Å². The summed E-state index contributed by atoms with van der Waals surface area (Å²) in [7, 11) is 0. The number of fused-ring (bicyclic) bond motifs is 1. The molecule has 1 aromatic rings. The predicted molar refractivity (Wildman–Crippen MR) is 53.2 cm³/mol. The van der Waals surface area contributed by atoms with Gasteiger partial charge in [-0.2, -0.15) is 0 Å². The summed E-state index contributed by atoms with van der Waals surface area (Å²) in [6.07, 6.45) is 0.415. The third-order valence-corrected chi connectivity index (χ3v) is 2.18. The van der Waals surface area contributed by atoms with Crippen LogP contribution in [0.4, 0.5) is 5.69 Å². The Balaban J connectivity index is 2.39. The van der Waals surface area contributed by atoms with Crippen molar-refractivity contribution in [1.29, 1.82) is 0 Å². The van der Waals surface area contributed by atoms with Gasteiger partial charge in [-0.05, 0) is 28.1 Å². The number of nitrogens with one attached hydrogen (secondary N) is 1. The van der Waals surface area contributed by atoms with Crippen molar-refractivity contribution in [2.45, 2.75) is 6.42 Å². The summed E-state index contributed by atoms with van der Waals surface area (Å²) in [5.74, 6) is 0.799. The Morgan fingerprint density at radius 2 is 2.38 bits per heavy atom. The average molecular weight is 242 g/mol. The van der Waals surface area contributed by atoms with E-state index in [4.69, 9.17) is 4.74 Å². The van der Waals surface area contributed by atoms with E-state index in [-0.39, 0.29) is 5.91 Å². The Bertz CT molecular complexity index is 351. The number of amides is 1. The van der Waals surface area contributed by atoms with Crippen molar-refractivity contribution in [3.8, 4) is 5.75 Å². The Morgan fingerprint density at radius 3 is 3.15 bits per heavy atom. The number of anilines is 1. The van der Waals surface area contributed by atoms with Crippen molar-refractivity contribution in [3.05, 3.63) is 23.8 Å². The summed E-state index contributed by atoms with van der Waals surface area (Å²) in [6.45, 7) is 0. The number of carbonyl (C=O) groups is 1. The zero-order valence-electron chi connectivity index (χ0n) is 6.84. The van der Waals surface area contributed by atoms with Gasteiger partial charge in [0.15, 0.2) is 0 Å². The zero-order chi connectivity index (χ0) is 9.26. The number of rotatable bonds is 2. The molecule has 0 saturated carbocycles. The molecular formula is C9H8BrNO2. The van der Waals surface area contributed by atoms with Crippen LogP contribution in [-0.2, 0) is 11.2 Å². The Morgan fingerprint density at radius 1 is 1.54 bits per heavy atom. The molecule has 0 radical (unpaired) electrons. The number of alkyl halides is 1. The van der Waals surface area contributed by atoms with Gasteiger partial charge in [-0.15, -0.1) is 0 Å². The average Bonchev–Trinajstić information content (AvgIpc) is 2.47. The van der Waals surface area contributed by atoms with Gasteiger partial charge < -0.3 is 10.1 Å². The molecule has 13 heavy (non-hydrogen) atoms. The van der Waals surface area contributed by atoms with E-state index in [1.165, 1.54) is 0 Å². The number of hydrogen-bond donors (Lipinski definition) is 1. The molecule has 68 valence electrons. The first-order chi connectivity index (χ1) is 6.31. The normalized spacial score (nSPS) is 13.8. The number of carbonyl (C=O) groups excluding carboxylic acids is 1. The molecule has 1 heterocycles. The number of hydrogen-bond acceptors (Lipinski definition) is 2. The maximum atomic E-state index is 11.1. The summed E-state index contributed by atoms with van der Waals surface area (Å²) in [6, 6.07) is 5.60. The van der Waals surface area contributed by atoms with Crippen molar-refractivity contribution in [2.75, 3.05) is 10.8 Å². The van der Waals surface area contributed by atoms with Crippen LogP contribution >= 0.6 is 15.9 Å². The lowest BCUT2D eigenvalue weighted by Gasteiger charge is -2.06. The van der Waals surface area contributed by atoms with Gasteiger partial charge in [0, 0.05) is 11.3 Å². The molecular weight excluding hydrogens is 234 g/mol. The van der Waals surface area contributed by atoms with Crippen LogP contribution in [0, 0.1) is 0 Å². The van der Waals surface area contributed by atoms with E-state index in [0.717, 1.165) is 17.0 Å². The van der Waals surface area contributed by atoms with Gasteiger partial charge >= 0.3 is 0 Å². The van der Waals surface area contributed by atoms with Crippen LogP contribution in [0.1, 0.15) is 5.56 Å². The molecule has 0 aliphatic carbocycles. The minimum Gasteiger partial charge on any atom is -0.482 e. The van der Waals surface area contributed by atoms with Crippen molar-refractivity contribution in [3.63, 3.8) is 0 Å². The molecule has 0 fully saturated rings. The van der Waals surface area contributed by atoms with Gasteiger partial charge in [-0.3, -0.25) is 4.79 Å². The highest BCUT2D eigenvalue weighted by Crippen LogP contribution is 2.31. The standard InChI is InChI=1S/C9H8BrNO2/c10-5-13-8-3-1-2-7-6(8)4-9(12)11-7/h1-3H,4-5H2,(H,11,12). The molecule has 4 heteroatoms. The summed E-state index contributed by atoms with van der Waals surface area (Å²) < 4.78 is 5.32. The molecule has 1 aliphatic heterocycles. The number of benzene rings is 1. The highest BCUT2D eigenvalue weighted by molar-refractivity contribution is 9.09. The SMILES string of the molecule is O=C1Cc2c(cccc2OCBr)N1. The molecule has 1 amide bonds. The van der Waals surface area contributed by atoms with E-state index in [0.29, 0.717) is 11.9 Å². The third kappa shape index (κ3) is 1.54. The fourth-order valence-corrected chi connectivity index (χ4v) is 1.66. The van der Waals surface area contributed by atoms with Gasteiger partial charge in [0.25, 0.3) is 0 Å². The van der Waals surface area contributed by atoms with Crippen molar-refractivity contribution >= 4 is 27.5 Å². The zero-order valence-corrected chi connectivity index (χ0v) is 8.43. The smallest absolute Gasteiger partial charge is 0.229 e. The highest BCUT2D eigenvalue weighted by Gasteiger charge is 2.20. The second-order valence-electron chi connectivity index (χ2n) is 2.76. The second kappa shape index (κ2) is 3.38. The van der Waals surface area contributed by atoms with Crippen LogP contribution in [0.3, 0.4) is 0 Å². The molecule has 0 unspecified atom stereocenters. The maximum Gasteiger partial charge on any atom is 0.229 e. The van der Waals surface area contributed by atoms with Crippen molar-refractivity contribution in [1.82, 2.24) is 0 Å². The second-order valence-corrected chi connectivity index (χ2v) is 3.22. The minimum absolute atomic E-state index is 0.0284. The molecule has 2 rings (SSSR count). The van der Waals surface area contributed by atoms with Crippen molar-refractivity contribution in [2.24, 2.45) is 0 Å². The largest absolute Gasteiger partial charge is 0.482 e. The van der Waals surface area contributed by atoms with Gasteiger partial charge in [-0.1, -0.05) is 6.07 Å². The topological polar surface area (TPSA) is 38.3 Å². The molecule has 1 aromatic carbocycles. The van der Waals surface area contributed by atoms with E-state index in [1.54, 1.807) is 0 Å². The van der Waals surface area contributed by atoms with Gasteiger partial charge in [0.05, 0.1) is 6.42 Å². The molecule has 0 spiro atoms. The van der Waals surface area contributed by atoms with E-state index in [2.05, 4.69) is 21.2 Å². The summed E-state index contributed by atoms with van der Waals surface area (Å²) in [4.78, 5) is 11.1. The Kier molecular flexibility index (Phi) is 2.22. The van der Waals surface area contributed by atoms with E-state index >= 15 is 0 Å². The fourth-order valence-electron chi connectivity index (χ4n) is 1.41. The highest BCUT2D eigenvalue weighted by atomic mass is 79.9. The molecule has 0 bridgehead atoms. The van der Waals surface area contributed by atoms with E-state index < -0.39 is 0 Å². The predicted octanol–water partition coefficient (Wildman–Crippen LogP) is 1.91. The summed E-state index contributed by atoms with van der Waals surface area (Å²) >= 11 is 3.18. The summed E-state index contributed by atoms with van der Waals surface area (Å²) in [5.41, 5.74) is 2.26. The van der Waals surface area contributed by atoms with Gasteiger partial charge in [-0.25, -0.2) is 0 Å². The molecule has 1 aliphatic rings. The first-order valence-electron chi connectivity index (χ1n) is 3.92. The molecule has 1 N–H and O–H groups in total. The molecule has 3 nitrogen and oxygen atoms in total. The Hall–Kier alpha value is -1.03.